The third kappa shape index (κ3) is 3.56. The molecule has 0 atom stereocenters. The van der Waals surface area contributed by atoms with Gasteiger partial charge in [-0.15, -0.1) is 0 Å². The van der Waals surface area contributed by atoms with Crippen molar-refractivity contribution in [3.63, 3.8) is 0 Å². The van der Waals surface area contributed by atoms with Crippen molar-refractivity contribution < 1.29 is 9.90 Å². The number of rotatable bonds is 6. The van der Waals surface area contributed by atoms with Crippen LogP contribution in [0.5, 0.6) is 0 Å². The van der Waals surface area contributed by atoms with Gasteiger partial charge in [-0.3, -0.25) is 4.79 Å². The molecule has 1 aromatic carbocycles. The second kappa shape index (κ2) is 5.32. The zero-order valence-electron chi connectivity index (χ0n) is 9.98. The second-order valence-corrected chi connectivity index (χ2v) is 4.83. The Labute approximate surface area is 102 Å². The third-order valence-electron chi connectivity index (χ3n) is 3.27. The summed E-state index contributed by atoms with van der Waals surface area (Å²) in [5.41, 5.74) is 0.993. The lowest BCUT2D eigenvalue weighted by atomic mass is 10.1. The first kappa shape index (κ1) is 12.1. The fourth-order valence-electron chi connectivity index (χ4n) is 1.93. The minimum atomic E-state index is -0.274. The molecular formula is C14H19NO2. The van der Waals surface area contributed by atoms with Gasteiger partial charge in [0.1, 0.15) is 0 Å². The van der Waals surface area contributed by atoms with Crippen molar-refractivity contribution >= 4 is 5.91 Å². The van der Waals surface area contributed by atoms with Crippen LogP contribution < -0.4 is 5.32 Å². The van der Waals surface area contributed by atoms with Crippen molar-refractivity contribution in [1.82, 2.24) is 5.32 Å². The fourth-order valence-corrected chi connectivity index (χ4v) is 1.93. The predicted molar refractivity (Wildman–Crippen MR) is 66.6 cm³/mol. The predicted octanol–water partition coefficient (Wildman–Crippen LogP) is 1.65. The van der Waals surface area contributed by atoms with Gasteiger partial charge in [0.25, 0.3) is 0 Å². The Balaban J connectivity index is 1.67. The monoisotopic (exact) mass is 233 g/mol. The highest BCUT2D eigenvalue weighted by Crippen LogP contribution is 2.34. The number of benzene rings is 1. The number of amides is 1. The van der Waals surface area contributed by atoms with Gasteiger partial charge in [-0.25, -0.2) is 0 Å². The Bertz CT molecular complexity index is 371. The van der Waals surface area contributed by atoms with Gasteiger partial charge in [0, 0.05) is 6.42 Å². The highest BCUT2D eigenvalue weighted by molar-refractivity contribution is 5.77. The zero-order valence-corrected chi connectivity index (χ0v) is 9.98. The molecule has 0 bridgehead atoms. The Morgan fingerprint density at radius 2 is 2.00 bits per heavy atom. The van der Waals surface area contributed by atoms with E-state index < -0.39 is 0 Å². The number of aliphatic hydroxyl groups is 1. The van der Waals surface area contributed by atoms with E-state index in [9.17, 15) is 4.79 Å². The van der Waals surface area contributed by atoms with E-state index in [4.69, 9.17) is 5.11 Å². The molecule has 1 aliphatic carbocycles. The molecule has 17 heavy (non-hydrogen) atoms. The number of hydrogen-bond acceptors (Lipinski definition) is 2. The summed E-state index contributed by atoms with van der Waals surface area (Å²) in [6.07, 6.45) is 4.15. The summed E-state index contributed by atoms with van der Waals surface area (Å²) in [7, 11) is 0. The minimum Gasteiger partial charge on any atom is -0.394 e. The van der Waals surface area contributed by atoms with Crippen LogP contribution >= 0.6 is 0 Å². The molecule has 3 heteroatoms. The Morgan fingerprint density at radius 3 is 2.59 bits per heavy atom. The molecular weight excluding hydrogens is 214 g/mol. The van der Waals surface area contributed by atoms with E-state index in [0.717, 1.165) is 25.7 Å². The SMILES string of the molecule is O=C(CCCc1ccccc1)NC1(CO)CC1. The first-order valence-electron chi connectivity index (χ1n) is 6.20. The highest BCUT2D eigenvalue weighted by atomic mass is 16.3. The average molecular weight is 233 g/mol. The molecule has 0 saturated heterocycles. The van der Waals surface area contributed by atoms with Crippen LogP contribution in [0.25, 0.3) is 0 Å². The molecule has 3 nitrogen and oxygen atoms in total. The lowest BCUT2D eigenvalue weighted by Crippen LogP contribution is -2.39. The van der Waals surface area contributed by atoms with E-state index in [2.05, 4.69) is 17.4 Å². The number of aliphatic hydroxyl groups excluding tert-OH is 1. The maximum atomic E-state index is 11.6. The van der Waals surface area contributed by atoms with E-state index >= 15 is 0 Å². The molecule has 2 rings (SSSR count). The molecule has 1 aromatic rings. The van der Waals surface area contributed by atoms with Gasteiger partial charge in [0.2, 0.25) is 5.91 Å². The number of aryl methyl sites for hydroxylation is 1. The van der Waals surface area contributed by atoms with Crippen LogP contribution in [0.1, 0.15) is 31.2 Å². The molecule has 0 aliphatic heterocycles. The molecule has 0 radical (unpaired) electrons. The van der Waals surface area contributed by atoms with Crippen LogP contribution in [0.3, 0.4) is 0 Å². The first-order chi connectivity index (χ1) is 8.24. The van der Waals surface area contributed by atoms with Crippen molar-refractivity contribution in [2.45, 2.75) is 37.6 Å². The largest absolute Gasteiger partial charge is 0.394 e. The van der Waals surface area contributed by atoms with Crippen molar-refractivity contribution in [3.05, 3.63) is 35.9 Å². The first-order valence-corrected chi connectivity index (χ1v) is 6.20. The van der Waals surface area contributed by atoms with Gasteiger partial charge >= 0.3 is 0 Å². The van der Waals surface area contributed by atoms with Gasteiger partial charge in [-0.2, -0.15) is 0 Å². The van der Waals surface area contributed by atoms with Gasteiger partial charge in [-0.1, -0.05) is 30.3 Å². The summed E-state index contributed by atoms with van der Waals surface area (Å²) in [4.78, 5) is 11.6. The molecule has 0 spiro atoms. The van der Waals surface area contributed by atoms with E-state index in [0.29, 0.717) is 6.42 Å². The van der Waals surface area contributed by atoms with Crippen molar-refractivity contribution in [2.75, 3.05) is 6.61 Å². The van der Waals surface area contributed by atoms with Crippen LogP contribution in [0, 0.1) is 0 Å². The molecule has 92 valence electrons. The molecule has 1 amide bonds. The standard InChI is InChI=1S/C14H19NO2/c16-11-14(9-10-14)15-13(17)8-4-7-12-5-2-1-3-6-12/h1-3,5-6,16H,4,7-11H2,(H,15,17). The van der Waals surface area contributed by atoms with Gasteiger partial charge in [0.05, 0.1) is 12.1 Å². The molecule has 0 heterocycles. The van der Waals surface area contributed by atoms with Crippen LogP contribution in [-0.2, 0) is 11.2 Å². The van der Waals surface area contributed by atoms with E-state index in [1.807, 2.05) is 18.2 Å². The van der Waals surface area contributed by atoms with E-state index in [1.54, 1.807) is 0 Å². The number of carbonyl (C=O) groups is 1. The highest BCUT2D eigenvalue weighted by Gasteiger charge is 2.43. The van der Waals surface area contributed by atoms with Gasteiger partial charge in [0.15, 0.2) is 0 Å². The summed E-state index contributed by atoms with van der Waals surface area (Å²) in [5, 5.41) is 12.0. The second-order valence-electron chi connectivity index (χ2n) is 4.83. The van der Waals surface area contributed by atoms with E-state index in [1.165, 1.54) is 5.56 Å². The van der Waals surface area contributed by atoms with Gasteiger partial charge < -0.3 is 10.4 Å². The maximum absolute atomic E-state index is 11.6. The summed E-state index contributed by atoms with van der Waals surface area (Å²) in [6, 6.07) is 10.2. The molecule has 1 aliphatic rings. The Hall–Kier alpha value is -1.35. The van der Waals surface area contributed by atoms with Gasteiger partial charge in [-0.05, 0) is 31.2 Å². The number of nitrogens with one attached hydrogen (secondary N) is 1. The lowest BCUT2D eigenvalue weighted by Gasteiger charge is -2.13. The van der Waals surface area contributed by atoms with E-state index in [-0.39, 0.29) is 18.1 Å². The summed E-state index contributed by atoms with van der Waals surface area (Å²) >= 11 is 0. The summed E-state index contributed by atoms with van der Waals surface area (Å²) in [6.45, 7) is 0.0669. The molecule has 2 N–H and O–H groups in total. The van der Waals surface area contributed by atoms with Crippen LogP contribution in [0.2, 0.25) is 0 Å². The molecule has 1 fully saturated rings. The average Bonchev–Trinajstić information content (AvgIpc) is 3.11. The number of carbonyl (C=O) groups excluding carboxylic acids is 1. The minimum absolute atomic E-state index is 0.0625. The van der Waals surface area contributed by atoms with Crippen LogP contribution in [0.15, 0.2) is 30.3 Å². The zero-order chi connectivity index (χ0) is 12.1. The van der Waals surface area contributed by atoms with Crippen molar-refractivity contribution in [3.8, 4) is 0 Å². The maximum Gasteiger partial charge on any atom is 0.220 e. The molecule has 0 unspecified atom stereocenters. The normalized spacial score (nSPS) is 16.5. The quantitative estimate of drug-likeness (QED) is 0.785. The summed E-state index contributed by atoms with van der Waals surface area (Å²) in [5.74, 6) is 0.0625. The van der Waals surface area contributed by atoms with Crippen LogP contribution in [-0.4, -0.2) is 23.2 Å². The smallest absolute Gasteiger partial charge is 0.220 e. The Morgan fingerprint density at radius 1 is 1.29 bits per heavy atom. The molecule has 0 aromatic heterocycles. The topological polar surface area (TPSA) is 49.3 Å². The lowest BCUT2D eigenvalue weighted by molar-refractivity contribution is -0.122. The van der Waals surface area contributed by atoms with Crippen molar-refractivity contribution in [2.24, 2.45) is 0 Å². The fraction of sp³-hybridized carbons (Fsp3) is 0.500. The number of hydrogen-bond donors (Lipinski definition) is 2. The van der Waals surface area contributed by atoms with Crippen LogP contribution in [0.4, 0.5) is 0 Å². The van der Waals surface area contributed by atoms with Crippen molar-refractivity contribution in [1.29, 1.82) is 0 Å². The summed E-state index contributed by atoms with van der Waals surface area (Å²) < 4.78 is 0. The third-order valence-corrected chi connectivity index (χ3v) is 3.27. The molecule has 1 saturated carbocycles. The Kier molecular flexibility index (Phi) is 3.79.